The molecule has 112 valence electrons. The highest BCUT2D eigenvalue weighted by atomic mass is 16.1. The molecule has 0 saturated carbocycles. The summed E-state index contributed by atoms with van der Waals surface area (Å²) in [5, 5.41) is 0. The van der Waals surface area contributed by atoms with E-state index in [1.54, 1.807) is 0 Å². The summed E-state index contributed by atoms with van der Waals surface area (Å²) in [6, 6.07) is 18.9. The van der Waals surface area contributed by atoms with E-state index >= 15 is 0 Å². The molecule has 0 N–H and O–H groups in total. The number of hydrogen-bond donors (Lipinski definition) is 0. The summed E-state index contributed by atoms with van der Waals surface area (Å²) in [4.78, 5) is 14.1. The van der Waals surface area contributed by atoms with Gasteiger partial charge in [0.1, 0.15) is 0 Å². The third-order valence-electron chi connectivity index (χ3n) is 4.06. The molecule has 0 amide bonds. The van der Waals surface area contributed by atoms with Crippen LogP contribution in [0.5, 0.6) is 0 Å². The minimum atomic E-state index is 0.242. The van der Waals surface area contributed by atoms with Crippen LogP contribution in [0.15, 0.2) is 66.4 Å². The first-order valence-electron chi connectivity index (χ1n) is 7.84. The highest BCUT2D eigenvalue weighted by molar-refractivity contribution is 5.91. The SMILES string of the molecule is Cc1ccc(N(Cc2ccccc2)C2=CC(=O)CCC2)cc1. The summed E-state index contributed by atoms with van der Waals surface area (Å²) in [5.74, 6) is 0.242. The van der Waals surface area contributed by atoms with Gasteiger partial charge in [-0.3, -0.25) is 4.79 Å². The van der Waals surface area contributed by atoms with Crippen molar-refractivity contribution in [2.45, 2.75) is 32.7 Å². The molecule has 0 atom stereocenters. The Morgan fingerprint density at radius 2 is 1.68 bits per heavy atom. The van der Waals surface area contributed by atoms with Gasteiger partial charge in [-0.05, 0) is 37.5 Å². The maximum absolute atomic E-state index is 11.8. The fourth-order valence-corrected chi connectivity index (χ4v) is 2.84. The summed E-state index contributed by atoms with van der Waals surface area (Å²) in [7, 11) is 0. The van der Waals surface area contributed by atoms with Crippen molar-refractivity contribution < 1.29 is 4.79 Å². The number of aryl methyl sites for hydroxylation is 1. The second kappa shape index (κ2) is 6.61. The Hall–Kier alpha value is -2.35. The molecule has 0 heterocycles. The summed E-state index contributed by atoms with van der Waals surface area (Å²) in [5.41, 5.74) is 4.78. The third kappa shape index (κ3) is 3.45. The molecule has 22 heavy (non-hydrogen) atoms. The molecule has 0 aliphatic heterocycles. The van der Waals surface area contributed by atoms with E-state index in [0.717, 1.165) is 30.8 Å². The first kappa shape index (κ1) is 14.6. The van der Waals surface area contributed by atoms with Crippen LogP contribution in [-0.2, 0) is 11.3 Å². The van der Waals surface area contributed by atoms with E-state index < -0.39 is 0 Å². The van der Waals surface area contributed by atoms with E-state index in [0.29, 0.717) is 6.42 Å². The van der Waals surface area contributed by atoms with Crippen molar-refractivity contribution in [3.63, 3.8) is 0 Å². The molecule has 0 bridgehead atoms. The Balaban J connectivity index is 1.94. The molecule has 0 unspecified atom stereocenters. The quantitative estimate of drug-likeness (QED) is 0.818. The van der Waals surface area contributed by atoms with Crippen LogP contribution in [0.1, 0.15) is 30.4 Å². The molecular formula is C20H21NO. The minimum absolute atomic E-state index is 0.242. The van der Waals surface area contributed by atoms with Crippen LogP contribution in [0.25, 0.3) is 0 Å². The van der Waals surface area contributed by atoms with Gasteiger partial charge in [0.2, 0.25) is 0 Å². The Labute approximate surface area is 132 Å². The van der Waals surface area contributed by atoms with Crippen LogP contribution in [0, 0.1) is 6.92 Å². The standard InChI is InChI=1S/C20H21NO/c1-16-10-12-18(13-11-16)21(15-17-6-3-2-4-7-17)19-8-5-9-20(22)14-19/h2-4,6-7,10-14H,5,8-9,15H2,1H3. The molecule has 0 fully saturated rings. The van der Waals surface area contributed by atoms with Gasteiger partial charge < -0.3 is 4.90 Å². The lowest BCUT2D eigenvalue weighted by Crippen LogP contribution is -2.24. The Bertz CT molecular complexity index is 671. The number of anilines is 1. The highest BCUT2D eigenvalue weighted by Crippen LogP contribution is 2.27. The molecule has 2 aromatic rings. The van der Waals surface area contributed by atoms with E-state index in [2.05, 4.69) is 60.4 Å². The number of nitrogens with zero attached hydrogens (tertiary/aromatic N) is 1. The molecule has 0 radical (unpaired) electrons. The zero-order chi connectivity index (χ0) is 15.4. The number of benzene rings is 2. The fourth-order valence-electron chi connectivity index (χ4n) is 2.84. The molecule has 2 heteroatoms. The first-order chi connectivity index (χ1) is 10.7. The zero-order valence-corrected chi connectivity index (χ0v) is 13.0. The molecule has 0 spiro atoms. The number of carbonyl (C=O) groups excluding carboxylic acids is 1. The Kier molecular flexibility index (Phi) is 4.38. The van der Waals surface area contributed by atoms with E-state index in [1.807, 2.05) is 12.1 Å². The average Bonchev–Trinajstić information content (AvgIpc) is 2.55. The van der Waals surface area contributed by atoms with Crippen LogP contribution in [0.4, 0.5) is 5.69 Å². The summed E-state index contributed by atoms with van der Waals surface area (Å²) in [6.45, 7) is 2.89. The van der Waals surface area contributed by atoms with Gasteiger partial charge in [-0.1, -0.05) is 48.0 Å². The second-order valence-corrected chi connectivity index (χ2v) is 5.86. The lowest BCUT2D eigenvalue weighted by Gasteiger charge is -2.29. The topological polar surface area (TPSA) is 20.3 Å². The van der Waals surface area contributed by atoms with Crippen LogP contribution >= 0.6 is 0 Å². The smallest absolute Gasteiger partial charge is 0.157 e. The zero-order valence-electron chi connectivity index (χ0n) is 13.0. The number of rotatable bonds is 4. The van der Waals surface area contributed by atoms with E-state index in [4.69, 9.17) is 0 Å². The maximum atomic E-state index is 11.8. The number of ketones is 1. The molecule has 2 aromatic carbocycles. The van der Waals surface area contributed by atoms with Gasteiger partial charge >= 0.3 is 0 Å². The van der Waals surface area contributed by atoms with E-state index in [1.165, 1.54) is 11.1 Å². The van der Waals surface area contributed by atoms with Crippen molar-refractivity contribution in [1.82, 2.24) is 0 Å². The average molecular weight is 291 g/mol. The second-order valence-electron chi connectivity index (χ2n) is 5.86. The van der Waals surface area contributed by atoms with E-state index in [-0.39, 0.29) is 5.78 Å². The minimum Gasteiger partial charge on any atom is -0.341 e. The predicted octanol–water partition coefficient (Wildman–Crippen LogP) is 4.64. The third-order valence-corrected chi connectivity index (χ3v) is 4.06. The Morgan fingerprint density at radius 3 is 2.36 bits per heavy atom. The molecule has 0 aromatic heterocycles. The van der Waals surface area contributed by atoms with Crippen LogP contribution < -0.4 is 4.90 Å². The van der Waals surface area contributed by atoms with Gasteiger partial charge in [0.25, 0.3) is 0 Å². The van der Waals surface area contributed by atoms with Crippen molar-refractivity contribution in [3.8, 4) is 0 Å². The van der Waals surface area contributed by atoms with Gasteiger partial charge in [-0.15, -0.1) is 0 Å². The molecule has 0 saturated heterocycles. The van der Waals surface area contributed by atoms with Gasteiger partial charge in [-0.2, -0.15) is 0 Å². The lowest BCUT2D eigenvalue weighted by atomic mass is 10.0. The molecule has 3 rings (SSSR count). The van der Waals surface area contributed by atoms with Crippen LogP contribution in [-0.4, -0.2) is 5.78 Å². The van der Waals surface area contributed by atoms with Crippen molar-refractivity contribution in [3.05, 3.63) is 77.5 Å². The van der Waals surface area contributed by atoms with Gasteiger partial charge in [0, 0.05) is 30.4 Å². The Morgan fingerprint density at radius 1 is 0.955 bits per heavy atom. The van der Waals surface area contributed by atoms with Gasteiger partial charge in [0.05, 0.1) is 0 Å². The van der Waals surface area contributed by atoms with Gasteiger partial charge in [0.15, 0.2) is 5.78 Å². The highest BCUT2D eigenvalue weighted by Gasteiger charge is 2.17. The largest absolute Gasteiger partial charge is 0.341 e. The molecule has 1 aliphatic rings. The summed E-state index contributed by atoms with van der Waals surface area (Å²) in [6.07, 6.45) is 4.41. The van der Waals surface area contributed by atoms with E-state index in [9.17, 15) is 4.79 Å². The number of carbonyl (C=O) groups is 1. The van der Waals surface area contributed by atoms with Crippen LogP contribution in [0.2, 0.25) is 0 Å². The lowest BCUT2D eigenvalue weighted by molar-refractivity contribution is -0.115. The predicted molar refractivity (Wildman–Crippen MR) is 90.7 cm³/mol. The first-order valence-corrected chi connectivity index (χ1v) is 7.84. The number of allylic oxidation sites excluding steroid dienone is 2. The van der Waals surface area contributed by atoms with Crippen LogP contribution in [0.3, 0.4) is 0 Å². The monoisotopic (exact) mass is 291 g/mol. The van der Waals surface area contributed by atoms with Crippen molar-refractivity contribution in [2.24, 2.45) is 0 Å². The number of hydrogen-bond acceptors (Lipinski definition) is 2. The molecular weight excluding hydrogens is 270 g/mol. The maximum Gasteiger partial charge on any atom is 0.157 e. The summed E-state index contributed by atoms with van der Waals surface area (Å²) >= 11 is 0. The summed E-state index contributed by atoms with van der Waals surface area (Å²) < 4.78 is 0. The molecule has 2 nitrogen and oxygen atoms in total. The molecule has 1 aliphatic carbocycles. The fraction of sp³-hybridized carbons (Fsp3) is 0.250. The van der Waals surface area contributed by atoms with Crippen molar-refractivity contribution >= 4 is 11.5 Å². The van der Waals surface area contributed by atoms with Gasteiger partial charge in [-0.25, -0.2) is 0 Å². The van der Waals surface area contributed by atoms with Crippen molar-refractivity contribution in [1.29, 1.82) is 0 Å². The van der Waals surface area contributed by atoms with Crippen molar-refractivity contribution in [2.75, 3.05) is 4.90 Å². The normalized spacial score (nSPS) is 14.6.